The summed E-state index contributed by atoms with van der Waals surface area (Å²) >= 11 is 4.38. The highest BCUT2D eigenvalue weighted by molar-refractivity contribution is 7.80. The largest absolute Gasteiger partial charge is 0.269 e. The number of hydrogen-bond donors (Lipinski definition) is 1. The van der Waals surface area contributed by atoms with E-state index in [-0.39, 0.29) is 10.9 Å². The minimum absolute atomic E-state index is 0.123. The minimum Gasteiger partial charge on any atom is -0.258 e. The van der Waals surface area contributed by atoms with E-state index in [0.717, 1.165) is 18.4 Å². The number of benzene rings is 1. The Hall–Kier alpha value is -1.29. The first kappa shape index (κ1) is 11.8. The molecule has 0 radical (unpaired) electrons. The first-order chi connectivity index (χ1) is 7.13. The highest BCUT2D eigenvalue weighted by Gasteiger charge is 2.06. The van der Waals surface area contributed by atoms with E-state index in [4.69, 9.17) is 0 Å². The smallest absolute Gasteiger partial charge is 0.258 e. The Bertz CT molecular complexity index is 348. The molecular weight excluding hydrogens is 210 g/mol. The third-order valence-corrected chi connectivity index (χ3v) is 2.45. The Balaban J connectivity index is 2.64. The fourth-order valence-electron chi connectivity index (χ4n) is 1.30. The molecule has 0 heterocycles. The van der Waals surface area contributed by atoms with Gasteiger partial charge in [-0.3, -0.25) is 10.1 Å². The van der Waals surface area contributed by atoms with Gasteiger partial charge in [0.25, 0.3) is 5.69 Å². The van der Waals surface area contributed by atoms with Gasteiger partial charge in [0, 0.05) is 17.4 Å². The third-order valence-electron chi connectivity index (χ3n) is 2.06. The van der Waals surface area contributed by atoms with Crippen LogP contribution in [0.3, 0.4) is 0 Å². The first-order valence-corrected chi connectivity index (χ1v) is 5.17. The molecule has 0 amide bonds. The van der Waals surface area contributed by atoms with Crippen molar-refractivity contribution >= 4 is 18.3 Å². The molecular formula is C11H13NO2S. The van der Waals surface area contributed by atoms with Gasteiger partial charge in [-0.1, -0.05) is 18.2 Å². The number of thiol groups is 1. The Labute approximate surface area is 94.4 Å². The van der Waals surface area contributed by atoms with Gasteiger partial charge in [0.2, 0.25) is 0 Å². The van der Waals surface area contributed by atoms with Crippen LogP contribution in [0.15, 0.2) is 36.9 Å². The van der Waals surface area contributed by atoms with Crippen LogP contribution >= 0.6 is 12.6 Å². The van der Waals surface area contributed by atoms with Crippen molar-refractivity contribution < 1.29 is 4.92 Å². The molecule has 3 nitrogen and oxygen atoms in total. The van der Waals surface area contributed by atoms with Crippen molar-refractivity contribution in [2.45, 2.75) is 18.1 Å². The van der Waals surface area contributed by atoms with Gasteiger partial charge in [0.05, 0.1) is 4.92 Å². The molecule has 1 aromatic rings. The van der Waals surface area contributed by atoms with Crippen LogP contribution in [0.4, 0.5) is 5.69 Å². The molecule has 4 heteroatoms. The Morgan fingerprint density at radius 2 is 2.07 bits per heavy atom. The van der Waals surface area contributed by atoms with E-state index in [0.29, 0.717) is 0 Å². The van der Waals surface area contributed by atoms with Gasteiger partial charge in [-0.15, -0.1) is 6.58 Å². The van der Waals surface area contributed by atoms with Crippen LogP contribution < -0.4 is 0 Å². The van der Waals surface area contributed by atoms with E-state index in [2.05, 4.69) is 19.2 Å². The summed E-state index contributed by atoms with van der Waals surface area (Å²) in [6.07, 6.45) is 3.45. The molecule has 0 bridgehead atoms. The monoisotopic (exact) mass is 223 g/mol. The molecule has 0 aliphatic rings. The summed E-state index contributed by atoms with van der Waals surface area (Å²) in [5, 5.41) is 10.6. The Kier molecular flexibility index (Phi) is 4.37. The van der Waals surface area contributed by atoms with Crippen LogP contribution in [0.2, 0.25) is 0 Å². The Morgan fingerprint density at radius 3 is 2.53 bits per heavy atom. The van der Waals surface area contributed by atoms with E-state index in [1.807, 2.05) is 6.08 Å². The third kappa shape index (κ3) is 3.75. The molecule has 0 fully saturated rings. The lowest BCUT2D eigenvalue weighted by Crippen LogP contribution is -2.01. The quantitative estimate of drug-likeness (QED) is 0.361. The van der Waals surface area contributed by atoms with Crippen molar-refractivity contribution in [1.82, 2.24) is 0 Å². The zero-order valence-corrected chi connectivity index (χ0v) is 9.19. The number of non-ortho nitro benzene ring substituents is 1. The second kappa shape index (κ2) is 5.56. The van der Waals surface area contributed by atoms with Gasteiger partial charge in [-0.05, 0) is 18.4 Å². The first-order valence-electron chi connectivity index (χ1n) is 4.65. The van der Waals surface area contributed by atoms with Gasteiger partial charge < -0.3 is 0 Å². The summed E-state index contributed by atoms with van der Waals surface area (Å²) in [6.45, 7) is 3.64. The maximum Gasteiger partial charge on any atom is 0.269 e. The zero-order chi connectivity index (χ0) is 11.3. The average Bonchev–Trinajstić information content (AvgIpc) is 2.18. The van der Waals surface area contributed by atoms with Gasteiger partial charge >= 0.3 is 0 Å². The second-order valence-electron chi connectivity index (χ2n) is 3.31. The molecule has 1 aromatic carbocycles. The summed E-state index contributed by atoms with van der Waals surface area (Å²) in [5.41, 5.74) is 1.18. The van der Waals surface area contributed by atoms with Crippen molar-refractivity contribution in [1.29, 1.82) is 0 Å². The molecule has 0 spiro atoms. The Morgan fingerprint density at radius 1 is 1.47 bits per heavy atom. The molecule has 0 aliphatic heterocycles. The highest BCUT2D eigenvalue weighted by Crippen LogP contribution is 2.15. The number of rotatable bonds is 5. The van der Waals surface area contributed by atoms with Crippen LogP contribution in [0.5, 0.6) is 0 Å². The predicted molar refractivity (Wildman–Crippen MR) is 64.4 cm³/mol. The van der Waals surface area contributed by atoms with Crippen LogP contribution in [-0.4, -0.2) is 10.2 Å². The lowest BCUT2D eigenvalue weighted by atomic mass is 10.1. The van der Waals surface area contributed by atoms with Gasteiger partial charge in [-0.2, -0.15) is 12.6 Å². The summed E-state index contributed by atoms with van der Waals surface area (Å²) in [7, 11) is 0. The van der Waals surface area contributed by atoms with Crippen LogP contribution in [0.1, 0.15) is 12.0 Å². The highest BCUT2D eigenvalue weighted by atomic mass is 32.1. The molecule has 80 valence electrons. The van der Waals surface area contributed by atoms with E-state index >= 15 is 0 Å². The average molecular weight is 223 g/mol. The maximum atomic E-state index is 10.4. The summed E-state index contributed by atoms with van der Waals surface area (Å²) in [6, 6.07) is 6.57. The van der Waals surface area contributed by atoms with Gasteiger partial charge in [0.15, 0.2) is 0 Å². The van der Waals surface area contributed by atoms with Crippen LogP contribution in [0.25, 0.3) is 0 Å². The molecule has 0 aromatic heterocycles. The van der Waals surface area contributed by atoms with Crippen LogP contribution in [-0.2, 0) is 6.42 Å². The van der Waals surface area contributed by atoms with Crippen molar-refractivity contribution in [3.05, 3.63) is 52.6 Å². The number of nitro benzene ring substituents is 1. The second-order valence-corrected chi connectivity index (χ2v) is 4.04. The standard InChI is InChI=1S/C11H13NO2S/c1-2-3-11(15)8-9-4-6-10(7-5-9)12(13)14/h2,4-7,11,15H,1,3,8H2. The fraction of sp³-hybridized carbons (Fsp3) is 0.273. The zero-order valence-electron chi connectivity index (χ0n) is 8.30. The minimum atomic E-state index is -0.397. The van der Waals surface area contributed by atoms with E-state index in [1.165, 1.54) is 12.1 Å². The number of hydrogen-bond acceptors (Lipinski definition) is 3. The van der Waals surface area contributed by atoms with E-state index < -0.39 is 4.92 Å². The topological polar surface area (TPSA) is 43.1 Å². The molecule has 1 rings (SSSR count). The summed E-state index contributed by atoms with van der Waals surface area (Å²) in [4.78, 5) is 10.0. The van der Waals surface area contributed by atoms with E-state index in [9.17, 15) is 10.1 Å². The van der Waals surface area contributed by atoms with Gasteiger partial charge in [0.1, 0.15) is 0 Å². The fourth-order valence-corrected chi connectivity index (χ4v) is 1.66. The lowest BCUT2D eigenvalue weighted by molar-refractivity contribution is -0.384. The van der Waals surface area contributed by atoms with Gasteiger partial charge in [-0.25, -0.2) is 0 Å². The molecule has 0 aliphatic carbocycles. The summed E-state index contributed by atoms with van der Waals surface area (Å²) in [5.74, 6) is 0. The summed E-state index contributed by atoms with van der Waals surface area (Å²) < 4.78 is 0. The molecule has 0 saturated carbocycles. The maximum absolute atomic E-state index is 10.4. The molecule has 0 N–H and O–H groups in total. The lowest BCUT2D eigenvalue weighted by Gasteiger charge is -2.07. The molecule has 1 atom stereocenters. The van der Waals surface area contributed by atoms with Crippen molar-refractivity contribution in [2.24, 2.45) is 0 Å². The molecule has 0 saturated heterocycles. The molecule has 15 heavy (non-hydrogen) atoms. The van der Waals surface area contributed by atoms with Crippen molar-refractivity contribution in [3.63, 3.8) is 0 Å². The van der Waals surface area contributed by atoms with E-state index in [1.54, 1.807) is 12.1 Å². The van der Waals surface area contributed by atoms with Crippen molar-refractivity contribution in [3.8, 4) is 0 Å². The van der Waals surface area contributed by atoms with Crippen molar-refractivity contribution in [2.75, 3.05) is 0 Å². The SMILES string of the molecule is C=CCC(S)Cc1ccc([N+](=O)[O-])cc1. The number of allylic oxidation sites excluding steroid dienone is 1. The molecule has 1 unspecified atom stereocenters. The van der Waals surface area contributed by atoms with Crippen LogP contribution in [0, 0.1) is 10.1 Å². The number of nitro groups is 1. The number of nitrogens with zero attached hydrogens (tertiary/aromatic N) is 1. The predicted octanol–water partition coefficient (Wildman–Crippen LogP) is 3.01. The normalized spacial score (nSPS) is 12.1.